The van der Waals surface area contributed by atoms with Gasteiger partial charge in [-0.1, -0.05) is 13.3 Å². The largest absolute Gasteiger partial charge is 0.298 e. The van der Waals surface area contributed by atoms with Gasteiger partial charge in [-0.25, -0.2) is 0 Å². The number of ketones is 1. The minimum Gasteiger partial charge on any atom is -0.298 e. The normalized spacial score (nSPS) is 15.4. The van der Waals surface area contributed by atoms with E-state index < -0.39 is 5.41 Å². The first-order chi connectivity index (χ1) is 4.56. The third-order valence-corrected chi connectivity index (χ3v) is 1.77. The highest BCUT2D eigenvalue weighted by Crippen LogP contribution is 2.22. The summed E-state index contributed by atoms with van der Waals surface area (Å²) in [7, 11) is 0. The maximum absolute atomic E-state index is 10.9. The Hall–Kier alpha value is -0.840. The van der Waals surface area contributed by atoms with Gasteiger partial charge in [0.25, 0.3) is 0 Å². The Labute approximate surface area is 61.8 Å². The standard InChI is InChI=1S/C8H13NO/c1-4-5-8(3,6-9)7(2)10/h4-5H2,1-3H3/t8-/m0/s1. The van der Waals surface area contributed by atoms with Crippen molar-refractivity contribution >= 4 is 5.78 Å². The lowest BCUT2D eigenvalue weighted by Crippen LogP contribution is -2.22. The van der Waals surface area contributed by atoms with Crippen LogP contribution >= 0.6 is 0 Å². The first-order valence-electron chi connectivity index (χ1n) is 3.49. The Morgan fingerprint density at radius 2 is 2.20 bits per heavy atom. The molecule has 0 fully saturated rings. The number of Topliss-reactive ketones (excluding diaryl/α,β-unsaturated/α-hetero) is 1. The van der Waals surface area contributed by atoms with Crippen molar-refractivity contribution in [1.29, 1.82) is 5.26 Å². The SMILES string of the molecule is CCC[C@@](C)(C#N)C(C)=O. The molecule has 0 spiro atoms. The lowest BCUT2D eigenvalue weighted by molar-refractivity contribution is -0.123. The van der Waals surface area contributed by atoms with Crippen molar-refractivity contribution in [3.63, 3.8) is 0 Å². The second kappa shape index (κ2) is 3.36. The molecule has 0 amide bonds. The van der Waals surface area contributed by atoms with Gasteiger partial charge in [-0.3, -0.25) is 4.79 Å². The van der Waals surface area contributed by atoms with Gasteiger partial charge in [-0.15, -0.1) is 0 Å². The van der Waals surface area contributed by atoms with Crippen LogP contribution in [0.5, 0.6) is 0 Å². The van der Waals surface area contributed by atoms with Gasteiger partial charge in [0.1, 0.15) is 11.2 Å². The first-order valence-corrected chi connectivity index (χ1v) is 3.49. The van der Waals surface area contributed by atoms with Crippen LogP contribution in [0.2, 0.25) is 0 Å². The van der Waals surface area contributed by atoms with Gasteiger partial charge < -0.3 is 0 Å². The van der Waals surface area contributed by atoms with Crippen molar-refractivity contribution in [2.45, 2.75) is 33.6 Å². The summed E-state index contributed by atoms with van der Waals surface area (Å²) in [6.45, 7) is 5.14. The summed E-state index contributed by atoms with van der Waals surface area (Å²) >= 11 is 0. The van der Waals surface area contributed by atoms with Crippen LogP contribution in [0.4, 0.5) is 0 Å². The fourth-order valence-corrected chi connectivity index (χ4v) is 0.811. The molecule has 1 atom stereocenters. The van der Waals surface area contributed by atoms with E-state index in [1.807, 2.05) is 13.0 Å². The van der Waals surface area contributed by atoms with E-state index in [0.29, 0.717) is 6.42 Å². The summed E-state index contributed by atoms with van der Waals surface area (Å²) in [5, 5.41) is 8.62. The van der Waals surface area contributed by atoms with Gasteiger partial charge in [-0.2, -0.15) is 5.26 Å². The molecule has 0 aromatic carbocycles. The molecule has 0 saturated carbocycles. The highest BCUT2D eigenvalue weighted by molar-refractivity contribution is 5.84. The Balaban J connectivity index is 4.27. The number of rotatable bonds is 3. The number of carbonyl (C=O) groups is 1. The molecule has 0 heterocycles. The quantitative estimate of drug-likeness (QED) is 0.599. The summed E-state index contributed by atoms with van der Waals surface area (Å²) in [4.78, 5) is 10.9. The topological polar surface area (TPSA) is 40.9 Å². The second-order valence-corrected chi connectivity index (χ2v) is 2.75. The van der Waals surface area contributed by atoms with E-state index in [-0.39, 0.29) is 5.78 Å². The summed E-state index contributed by atoms with van der Waals surface area (Å²) in [5.74, 6) is -0.0307. The van der Waals surface area contributed by atoms with E-state index in [0.717, 1.165) is 6.42 Å². The second-order valence-electron chi connectivity index (χ2n) is 2.75. The van der Waals surface area contributed by atoms with Gasteiger partial charge in [0.2, 0.25) is 0 Å². The van der Waals surface area contributed by atoms with E-state index in [4.69, 9.17) is 5.26 Å². The van der Waals surface area contributed by atoms with Crippen molar-refractivity contribution in [2.24, 2.45) is 5.41 Å². The van der Waals surface area contributed by atoms with Crippen LogP contribution in [0.15, 0.2) is 0 Å². The zero-order valence-corrected chi connectivity index (χ0v) is 6.77. The molecule has 0 saturated heterocycles. The highest BCUT2D eigenvalue weighted by Gasteiger charge is 2.27. The molecule has 10 heavy (non-hydrogen) atoms. The molecule has 0 aromatic rings. The van der Waals surface area contributed by atoms with Crippen molar-refractivity contribution in [1.82, 2.24) is 0 Å². The minimum atomic E-state index is -0.741. The molecule has 0 radical (unpaired) electrons. The van der Waals surface area contributed by atoms with Crippen LogP contribution in [-0.2, 0) is 4.79 Å². The molecule has 0 aliphatic carbocycles. The maximum atomic E-state index is 10.9. The summed E-state index contributed by atoms with van der Waals surface area (Å²) in [5.41, 5.74) is -0.741. The molecule has 2 nitrogen and oxygen atoms in total. The van der Waals surface area contributed by atoms with E-state index in [9.17, 15) is 4.79 Å². The van der Waals surface area contributed by atoms with Crippen LogP contribution in [-0.4, -0.2) is 5.78 Å². The van der Waals surface area contributed by atoms with Crippen LogP contribution in [0.3, 0.4) is 0 Å². The predicted octanol–water partition coefficient (Wildman–Crippen LogP) is 1.91. The van der Waals surface area contributed by atoms with Crippen molar-refractivity contribution < 1.29 is 4.79 Å². The number of hydrogen-bond acceptors (Lipinski definition) is 2. The van der Waals surface area contributed by atoms with Crippen LogP contribution in [0.1, 0.15) is 33.6 Å². The number of carbonyl (C=O) groups excluding carboxylic acids is 1. The molecule has 0 N–H and O–H groups in total. The molecule has 0 rings (SSSR count). The van der Waals surface area contributed by atoms with Gasteiger partial charge in [0.15, 0.2) is 0 Å². The summed E-state index contributed by atoms with van der Waals surface area (Å²) in [6.07, 6.45) is 1.54. The predicted molar refractivity (Wildman–Crippen MR) is 39.3 cm³/mol. The van der Waals surface area contributed by atoms with Crippen molar-refractivity contribution in [3.8, 4) is 6.07 Å². The lowest BCUT2D eigenvalue weighted by atomic mass is 9.84. The lowest BCUT2D eigenvalue weighted by Gasteiger charge is -2.15. The summed E-state index contributed by atoms with van der Waals surface area (Å²) in [6, 6.07) is 2.03. The minimum absolute atomic E-state index is 0.0307. The molecule has 56 valence electrons. The zero-order valence-electron chi connectivity index (χ0n) is 6.77. The maximum Gasteiger partial charge on any atom is 0.149 e. The molecular formula is C8H13NO. The highest BCUT2D eigenvalue weighted by atomic mass is 16.1. The first kappa shape index (κ1) is 9.16. The molecule has 0 aliphatic heterocycles. The fourth-order valence-electron chi connectivity index (χ4n) is 0.811. The van der Waals surface area contributed by atoms with Crippen molar-refractivity contribution in [3.05, 3.63) is 0 Å². The monoisotopic (exact) mass is 139 g/mol. The van der Waals surface area contributed by atoms with Crippen LogP contribution in [0.25, 0.3) is 0 Å². The molecule has 2 heteroatoms. The third-order valence-electron chi connectivity index (χ3n) is 1.77. The number of hydrogen-bond donors (Lipinski definition) is 0. The molecular weight excluding hydrogens is 126 g/mol. The Morgan fingerprint density at radius 1 is 1.70 bits per heavy atom. The average Bonchev–Trinajstić information content (AvgIpc) is 1.88. The van der Waals surface area contributed by atoms with Crippen molar-refractivity contribution in [2.75, 3.05) is 0 Å². The number of nitrogens with zero attached hydrogens (tertiary/aromatic N) is 1. The van der Waals surface area contributed by atoms with Gasteiger partial charge >= 0.3 is 0 Å². The van der Waals surface area contributed by atoms with E-state index in [1.54, 1.807) is 6.92 Å². The van der Waals surface area contributed by atoms with Gasteiger partial charge in [-0.05, 0) is 20.3 Å². The van der Waals surface area contributed by atoms with E-state index >= 15 is 0 Å². The van der Waals surface area contributed by atoms with Gasteiger partial charge in [0.05, 0.1) is 6.07 Å². The smallest absolute Gasteiger partial charge is 0.149 e. The molecule has 0 unspecified atom stereocenters. The Kier molecular flexibility index (Phi) is 3.08. The van der Waals surface area contributed by atoms with Crippen LogP contribution in [0, 0.1) is 16.7 Å². The van der Waals surface area contributed by atoms with Crippen LogP contribution < -0.4 is 0 Å². The number of nitriles is 1. The Morgan fingerprint density at radius 3 is 2.30 bits per heavy atom. The van der Waals surface area contributed by atoms with E-state index in [2.05, 4.69) is 0 Å². The van der Waals surface area contributed by atoms with E-state index in [1.165, 1.54) is 6.92 Å². The molecule has 0 aliphatic rings. The molecule has 0 aromatic heterocycles. The fraction of sp³-hybridized carbons (Fsp3) is 0.750. The third kappa shape index (κ3) is 1.84. The molecule has 0 bridgehead atoms. The zero-order chi connectivity index (χ0) is 8.20. The summed E-state index contributed by atoms with van der Waals surface area (Å²) < 4.78 is 0. The average molecular weight is 139 g/mol. The van der Waals surface area contributed by atoms with Gasteiger partial charge in [0, 0.05) is 0 Å². The Bertz CT molecular complexity index is 169.